The minimum absolute atomic E-state index is 1.23. The molecule has 2 aliphatic rings. The first-order valence-electron chi connectivity index (χ1n) is 26.6. The van der Waals surface area contributed by atoms with E-state index in [1.165, 1.54) is 176 Å². The van der Waals surface area contributed by atoms with Gasteiger partial charge >= 0.3 is 0 Å². The smallest absolute Gasteiger partial charge is 0.000741 e. The topological polar surface area (TPSA) is 0 Å². The molecule has 0 nitrogen and oxygen atoms in total. The van der Waals surface area contributed by atoms with Crippen LogP contribution in [0.3, 0.4) is 0 Å². The summed E-state index contributed by atoms with van der Waals surface area (Å²) in [4.78, 5) is 0. The fraction of sp³-hybridized carbons (Fsp3) is 0. The fourth-order valence-corrected chi connectivity index (χ4v) is 13.7. The molecule has 0 atom stereocenters. The highest BCUT2D eigenvalue weighted by molar-refractivity contribution is 6.31. The molecule has 76 heavy (non-hydrogen) atoms. The molecule has 0 heteroatoms. The lowest BCUT2D eigenvalue weighted by molar-refractivity contribution is 1.61. The van der Waals surface area contributed by atoms with Gasteiger partial charge in [0.25, 0.3) is 0 Å². The zero-order valence-corrected chi connectivity index (χ0v) is 41.4. The maximum atomic E-state index is 2.45. The monoisotopic (exact) mass is 956 g/mol. The number of rotatable bonds is 5. The van der Waals surface area contributed by atoms with Gasteiger partial charge in [-0.2, -0.15) is 0 Å². The molecule has 0 heterocycles. The number of benzene rings is 15. The van der Waals surface area contributed by atoms with Gasteiger partial charge in [0.15, 0.2) is 0 Å². The predicted octanol–water partition coefficient (Wildman–Crippen LogP) is 21.4. The van der Waals surface area contributed by atoms with Crippen LogP contribution in [0.4, 0.5) is 0 Å². The van der Waals surface area contributed by atoms with Crippen molar-refractivity contribution in [3.63, 3.8) is 0 Å². The van der Waals surface area contributed by atoms with E-state index in [1.54, 1.807) is 0 Å². The summed E-state index contributed by atoms with van der Waals surface area (Å²) in [6.07, 6.45) is 0. The molecular formula is C76H44. The molecular weight excluding hydrogens is 913 g/mol. The molecule has 0 radical (unpaired) electrons. The van der Waals surface area contributed by atoms with Crippen molar-refractivity contribution >= 4 is 75.4 Å². The molecule has 15 aromatic carbocycles. The van der Waals surface area contributed by atoms with Crippen molar-refractivity contribution < 1.29 is 0 Å². The van der Waals surface area contributed by atoms with Crippen LogP contribution < -0.4 is 0 Å². The fourth-order valence-electron chi connectivity index (χ4n) is 13.7. The van der Waals surface area contributed by atoms with E-state index in [4.69, 9.17) is 0 Å². The third-order valence-corrected chi connectivity index (χ3v) is 17.1. The molecule has 2 aliphatic carbocycles. The van der Waals surface area contributed by atoms with Crippen molar-refractivity contribution in [2.75, 3.05) is 0 Å². The second-order valence-corrected chi connectivity index (χ2v) is 21.0. The van der Waals surface area contributed by atoms with Gasteiger partial charge in [0.2, 0.25) is 0 Å². The summed E-state index contributed by atoms with van der Waals surface area (Å²) in [6, 6.07) is 101. The van der Waals surface area contributed by atoms with Crippen LogP contribution in [0.5, 0.6) is 0 Å². The zero-order chi connectivity index (χ0) is 49.6. The largest absolute Gasteiger partial charge is 0.0616 e. The highest BCUT2D eigenvalue weighted by Crippen LogP contribution is 2.60. The maximum absolute atomic E-state index is 2.45. The Balaban J connectivity index is 0.920. The maximum Gasteiger partial charge on any atom is -0.000741 e. The number of hydrogen-bond donors (Lipinski definition) is 0. The average molecular weight is 957 g/mol. The third-order valence-electron chi connectivity index (χ3n) is 17.1. The summed E-state index contributed by atoms with van der Waals surface area (Å²) in [5.74, 6) is 0. The molecule has 0 saturated heterocycles. The second kappa shape index (κ2) is 15.8. The molecule has 0 bridgehead atoms. The Kier molecular flexibility index (Phi) is 8.65. The first-order chi connectivity index (χ1) is 37.7. The first-order valence-corrected chi connectivity index (χ1v) is 26.6. The van der Waals surface area contributed by atoms with E-state index in [1.807, 2.05) is 0 Å². The summed E-state index contributed by atoms with van der Waals surface area (Å²) >= 11 is 0. The summed E-state index contributed by atoms with van der Waals surface area (Å²) in [7, 11) is 0. The number of hydrogen-bond acceptors (Lipinski definition) is 0. The molecule has 0 N–H and O–H groups in total. The van der Waals surface area contributed by atoms with Gasteiger partial charge in [0.05, 0.1) is 0 Å². The van der Waals surface area contributed by atoms with Crippen molar-refractivity contribution in [1.82, 2.24) is 0 Å². The van der Waals surface area contributed by atoms with Crippen LogP contribution in [-0.2, 0) is 0 Å². The summed E-state index contributed by atoms with van der Waals surface area (Å²) < 4.78 is 0. The van der Waals surface area contributed by atoms with Gasteiger partial charge < -0.3 is 0 Å². The van der Waals surface area contributed by atoms with E-state index in [0.29, 0.717) is 0 Å². The van der Waals surface area contributed by atoms with Crippen LogP contribution in [0.2, 0.25) is 0 Å². The standard InChI is InChI=1S/C76H44/c1-5-17-49-41-53(31-27-45(49)13-1)57-35-36-58(54-32-28-46-14-2-6-18-50(46)42-54)74-67-39-37-59(61-23-11-25-65(71(61)67)73(57)74)60-38-40-68-72-62(60)24-12-26-66(72)75-69(55-33-29-47-15-3-7-19-51(47)43-55)63-21-9-10-22-64(63)70(76(68)75)56-34-30-48-16-4-8-20-52(48)44-56/h1-44H. The predicted molar refractivity (Wildman–Crippen MR) is 325 cm³/mol. The van der Waals surface area contributed by atoms with Crippen LogP contribution in [0, 0.1) is 0 Å². The van der Waals surface area contributed by atoms with Gasteiger partial charge in [-0.3, -0.25) is 0 Å². The summed E-state index contributed by atoms with van der Waals surface area (Å²) in [6.45, 7) is 0. The van der Waals surface area contributed by atoms with E-state index in [-0.39, 0.29) is 0 Å². The van der Waals surface area contributed by atoms with Gasteiger partial charge in [0, 0.05) is 0 Å². The normalized spacial score (nSPS) is 12.2. The molecule has 15 aromatic rings. The molecule has 0 aromatic heterocycles. The average Bonchev–Trinajstić information content (AvgIpc) is 4.01. The minimum Gasteiger partial charge on any atom is -0.0616 e. The minimum atomic E-state index is 1.23. The molecule has 0 spiro atoms. The van der Waals surface area contributed by atoms with Crippen LogP contribution in [0.15, 0.2) is 267 Å². The lowest BCUT2D eigenvalue weighted by Crippen LogP contribution is -1.94. The van der Waals surface area contributed by atoms with E-state index < -0.39 is 0 Å². The van der Waals surface area contributed by atoms with E-state index >= 15 is 0 Å². The van der Waals surface area contributed by atoms with Crippen molar-refractivity contribution in [1.29, 1.82) is 0 Å². The molecule has 0 saturated carbocycles. The van der Waals surface area contributed by atoms with E-state index in [9.17, 15) is 0 Å². The van der Waals surface area contributed by atoms with Gasteiger partial charge in [0.1, 0.15) is 0 Å². The van der Waals surface area contributed by atoms with Gasteiger partial charge in [-0.05, 0) is 200 Å². The van der Waals surface area contributed by atoms with Crippen molar-refractivity contribution in [3.05, 3.63) is 267 Å². The van der Waals surface area contributed by atoms with Crippen molar-refractivity contribution in [2.24, 2.45) is 0 Å². The summed E-state index contributed by atoms with van der Waals surface area (Å²) in [5, 5.41) is 17.7. The molecule has 0 amide bonds. The Morgan fingerprint density at radius 3 is 0.855 bits per heavy atom. The quantitative estimate of drug-likeness (QED) is 0.161. The highest BCUT2D eigenvalue weighted by Gasteiger charge is 2.33. The Morgan fingerprint density at radius 1 is 0.145 bits per heavy atom. The number of fused-ring (bicyclic) bond motifs is 11. The molecule has 17 rings (SSSR count). The van der Waals surface area contributed by atoms with Crippen LogP contribution >= 0.6 is 0 Å². The van der Waals surface area contributed by atoms with Crippen LogP contribution in [-0.4, -0.2) is 0 Å². The SMILES string of the molecule is c1ccc2cc(-c3ccc(-c4ccc5ccccc5c4)c4c3-c3cccc5c(-c6ccc7c8c(cccc68)-c6c-7c(-c7ccc8ccccc8c7)c7ccccc7c6-c6ccc7ccccc7c6)ccc-4c35)ccc2c1. The molecule has 0 aliphatic heterocycles. The van der Waals surface area contributed by atoms with Crippen molar-refractivity contribution in [2.45, 2.75) is 0 Å². The third kappa shape index (κ3) is 5.90. The van der Waals surface area contributed by atoms with E-state index in [2.05, 4.69) is 267 Å². The molecule has 0 unspecified atom stereocenters. The first kappa shape index (κ1) is 41.6. The Labute approximate surface area is 440 Å². The van der Waals surface area contributed by atoms with Crippen LogP contribution in [0.25, 0.3) is 176 Å². The summed E-state index contributed by atoms with van der Waals surface area (Å²) in [5.41, 5.74) is 22.9. The highest BCUT2D eigenvalue weighted by atomic mass is 14.4. The van der Waals surface area contributed by atoms with Gasteiger partial charge in [-0.1, -0.05) is 243 Å². The molecule has 348 valence electrons. The zero-order valence-electron chi connectivity index (χ0n) is 41.4. The van der Waals surface area contributed by atoms with Crippen molar-refractivity contribution in [3.8, 4) is 100 Å². The molecule has 0 fully saturated rings. The van der Waals surface area contributed by atoms with E-state index in [0.717, 1.165) is 0 Å². The lowest BCUT2D eigenvalue weighted by Gasteiger charge is -2.21. The van der Waals surface area contributed by atoms with Gasteiger partial charge in [-0.25, -0.2) is 0 Å². The van der Waals surface area contributed by atoms with Gasteiger partial charge in [-0.15, -0.1) is 0 Å². The Morgan fingerprint density at radius 2 is 0.434 bits per heavy atom. The Bertz CT molecular complexity index is 4800. The van der Waals surface area contributed by atoms with Crippen LogP contribution in [0.1, 0.15) is 0 Å². The second-order valence-electron chi connectivity index (χ2n) is 21.0. The lowest BCUT2D eigenvalue weighted by atomic mass is 9.82. The Hall–Kier alpha value is -9.88.